The first-order valence-corrected chi connectivity index (χ1v) is 10.1. The molecule has 0 amide bonds. The molecule has 0 saturated carbocycles. The van der Waals surface area contributed by atoms with Gasteiger partial charge in [-0.15, -0.1) is 0 Å². The van der Waals surface area contributed by atoms with E-state index < -0.39 is 58.2 Å². The summed E-state index contributed by atoms with van der Waals surface area (Å²) in [4.78, 5) is 3.76. The molecule has 1 unspecified atom stereocenters. The molecule has 5 nitrogen and oxygen atoms in total. The van der Waals surface area contributed by atoms with Gasteiger partial charge < -0.3 is 0 Å². The average Bonchev–Trinajstić information content (AvgIpc) is 3.20. The molecule has 2 heterocycles. The normalized spacial score (nSPS) is 17.1. The first-order valence-electron chi connectivity index (χ1n) is 12.2. The van der Waals surface area contributed by atoms with E-state index in [0.29, 0.717) is 10.4 Å². The van der Waals surface area contributed by atoms with Crippen molar-refractivity contribution in [2.75, 3.05) is 13.5 Å². The highest BCUT2D eigenvalue weighted by atomic mass is 32.2. The summed E-state index contributed by atoms with van der Waals surface area (Å²) < 4.78 is 97.9. The lowest BCUT2D eigenvalue weighted by Crippen LogP contribution is -2.23. The number of nitrogens with zero attached hydrogens (tertiary/aromatic N) is 3. The zero-order valence-corrected chi connectivity index (χ0v) is 16.2. The van der Waals surface area contributed by atoms with Crippen LogP contribution in [0.25, 0.3) is 11.3 Å². The average molecular weight is 409 g/mol. The fourth-order valence-corrected chi connectivity index (χ4v) is 4.21. The van der Waals surface area contributed by atoms with Gasteiger partial charge in [0.2, 0.25) is 0 Å². The van der Waals surface area contributed by atoms with Gasteiger partial charge in [0.1, 0.15) is 10.7 Å². The molecule has 3 aromatic rings. The van der Waals surface area contributed by atoms with Gasteiger partial charge in [-0.1, -0.05) is 26.0 Å². The molecule has 0 aliphatic rings. The summed E-state index contributed by atoms with van der Waals surface area (Å²) in [7, 11) is -4.77. The monoisotopic (exact) mass is 408 g/mol. The standard InChI is InChI=1S/C21H24FN3O2S/c1-4-20(24(3)5-2)16-13-21(18-10-6-7-11-19(18)22)25(15-16)28(26,27)17-9-8-12-23-14-17/h6-15,20H,4-5H2,1-3H3/i3D3,8D,9D,12D,14D. The van der Waals surface area contributed by atoms with Crippen LogP contribution in [0.4, 0.5) is 4.39 Å². The van der Waals surface area contributed by atoms with E-state index in [1.807, 2.05) is 0 Å². The van der Waals surface area contributed by atoms with Gasteiger partial charge in [-0.2, -0.15) is 0 Å². The largest absolute Gasteiger partial charge is 0.300 e. The van der Waals surface area contributed by atoms with Crippen LogP contribution < -0.4 is 0 Å². The topological polar surface area (TPSA) is 55.2 Å². The molecule has 28 heavy (non-hydrogen) atoms. The van der Waals surface area contributed by atoms with Gasteiger partial charge in [-0.3, -0.25) is 9.88 Å². The first-order chi connectivity index (χ1) is 16.2. The summed E-state index contributed by atoms with van der Waals surface area (Å²) in [5.41, 5.74) is 0.0447. The van der Waals surface area contributed by atoms with Crippen molar-refractivity contribution in [1.29, 1.82) is 0 Å². The highest BCUT2D eigenvalue weighted by Crippen LogP contribution is 2.33. The molecule has 0 bridgehead atoms. The molecule has 1 atom stereocenters. The van der Waals surface area contributed by atoms with Crippen LogP contribution >= 0.6 is 0 Å². The number of benzene rings is 1. The van der Waals surface area contributed by atoms with E-state index in [-0.39, 0.29) is 23.4 Å². The van der Waals surface area contributed by atoms with Crippen molar-refractivity contribution in [2.45, 2.75) is 31.2 Å². The number of halogens is 1. The lowest BCUT2D eigenvalue weighted by atomic mass is 10.0. The highest BCUT2D eigenvalue weighted by molar-refractivity contribution is 7.90. The number of pyridine rings is 1. The Balaban J connectivity index is 2.36. The van der Waals surface area contributed by atoms with Gasteiger partial charge in [0.25, 0.3) is 10.0 Å². The zero-order chi connectivity index (χ0) is 26.3. The van der Waals surface area contributed by atoms with Crippen LogP contribution in [0.3, 0.4) is 0 Å². The summed E-state index contributed by atoms with van der Waals surface area (Å²) in [6, 6.07) is 4.40. The molecule has 148 valence electrons. The fraction of sp³-hybridized carbons (Fsp3) is 0.286. The number of aromatic nitrogens is 2. The number of hydrogen-bond donors (Lipinski definition) is 0. The Morgan fingerprint density at radius 3 is 2.82 bits per heavy atom. The summed E-state index contributed by atoms with van der Waals surface area (Å²) in [6.07, 6.45) is -0.164. The molecule has 7 heteroatoms. The minimum Gasteiger partial charge on any atom is -0.300 e. The van der Waals surface area contributed by atoms with Crippen molar-refractivity contribution in [3.8, 4) is 11.3 Å². The molecule has 0 saturated heterocycles. The van der Waals surface area contributed by atoms with Gasteiger partial charge in [0, 0.05) is 34.3 Å². The second kappa shape index (κ2) is 8.24. The van der Waals surface area contributed by atoms with E-state index in [0.717, 1.165) is 12.3 Å². The third kappa shape index (κ3) is 3.72. The summed E-state index contributed by atoms with van der Waals surface area (Å²) in [6.45, 7) is 1.04. The van der Waals surface area contributed by atoms with Gasteiger partial charge in [-0.25, -0.2) is 16.8 Å². The van der Waals surface area contributed by atoms with Crippen LogP contribution in [0.2, 0.25) is 0 Å². The Labute approximate surface area is 175 Å². The van der Waals surface area contributed by atoms with E-state index in [4.69, 9.17) is 9.60 Å². The van der Waals surface area contributed by atoms with E-state index in [1.54, 1.807) is 13.8 Å². The van der Waals surface area contributed by atoms with E-state index in [9.17, 15) is 12.8 Å². The van der Waals surface area contributed by atoms with Crippen LogP contribution in [-0.2, 0) is 10.0 Å². The molecular weight excluding hydrogens is 377 g/mol. The molecule has 2 aromatic heterocycles. The minimum absolute atomic E-state index is 0.0941. The summed E-state index contributed by atoms with van der Waals surface area (Å²) in [5.74, 6) is -0.733. The lowest BCUT2D eigenvalue weighted by molar-refractivity contribution is 0.251. The van der Waals surface area contributed by atoms with Gasteiger partial charge in [0.15, 0.2) is 0 Å². The molecule has 0 spiro atoms. The quantitative estimate of drug-likeness (QED) is 0.584. The molecular formula is C21H24FN3O2S. The lowest BCUT2D eigenvalue weighted by Gasteiger charge is -2.24. The Kier molecular flexibility index (Phi) is 3.78. The third-order valence-electron chi connectivity index (χ3n) is 4.41. The molecule has 0 radical (unpaired) electrons. The van der Waals surface area contributed by atoms with Crippen LogP contribution in [0.1, 0.15) is 41.5 Å². The predicted octanol–water partition coefficient (Wildman–Crippen LogP) is 4.33. The maximum atomic E-state index is 14.8. The molecule has 1 aromatic carbocycles. The van der Waals surface area contributed by atoms with Crippen molar-refractivity contribution in [3.05, 3.63) is 72.3 Å². The fourth-order valence-electron chi connectivity index (χ4n) is 3.01. The van der Waals surface area contributed by atoms with Crippen molar-refractivity contribution in [3.63, 3.8) is 0 Å². The first kappa shape index (κ1) is 12.9. The molecule has 0 N–H and O–H groups in total. The van der Waals surface area contributed by atoms with E-state index in [1.165, 1.54) is 29.2 Å². The Hall–Kier alpha value is -2.51. The van der Waals surface area contributed by atoms with Crippen LogP contribution in [0.15, 0.2) is 65.9 Å². The van der Waals surface area contributed by atoms with Gasteiger partial charge >= 0.3 is 0 Å². The van der Waals surface area contributed by atoms with Crippen LogP contribution in [0.5, 0.6) is 0 Å². The zero-order valence-electron chi connectivity index (χ0n) is 22.4. The van der Waals surface area contributed by atoms with Crippen molar-refractivity contribution < 1.29 is 22.4 Å². The van der Waals surface area contributed by atoms with Crippen molar-refractivity contribution in [1.82, 2.24) is 13.9 Å². The molecule has 0 aliphatic heterocycles. The second-order valence-corrected chi connectivity index (χ2v) is 7.82. The number of rotatable bonds is 7. The Bertz CT molecular complexity index is 1360. The Morgan fingerprint density at radius 2 is 2.14 bits per heavy atom. The van der Waals surface area contributed by atoms with E-state index >= 15 is 0 Å². The van der Waals surface area contributed by atoms with Crippen LogP contribution in [-0.4, -0.2) is 35.8 Å². The summed E-state index contributed by atoms with van der Waals surface area (Å²) in [5, 5.41) is 0. The highest BCUT2D eigenvalue weighted by Gasteiger charge is 2.26. The SMILES string of the molecule is [2H]c1nc([2H])c(S(=O)(=O)n2cc(C(CC)N(CC)C([2H])([2H])[2H])cc2-c2ccccc2F)c([2H])c1[2H]. The smallest absolute Gasteiger partial charge is 0.269 e. The molecule has 0 aliphatic carbocycles. The maximum Gasteiger partial charge on any atom is 0.269 e. The van der Waals surface area contributed by atoms with E-state index in [2.05, 4.69) is 4.98 Å². The molecule has 3 rings (SSSR count). The summed E-state index contributed by atoms with van der Waals surface area (Å²) >= 11 is 0. The van der Waals surface area contributed by atoms with Crippen molar-refractivity contribution >= 4 is 10.0 Å². The van der Waals surface area contributed by atoms with Crippen LogP contribution in [0, 0.1) is 5.82 Å². The predicted molar refractivity (Wildman–Crippen MR) is 108 cm³/mol. The number of hydrogen-bond acceptors (Lipinski definition) is 4. The Morgan fingerprint density at radius 1 is 1.36 bits per heavy atom. The third-order valence-corrected chi connectivity index (χ3v) is 5.94. The van der Waals surface area contributed by atoms with Gasteiger partial charge in [-0.05, 0) is 55.8 Å². The minimum atomic E-state index is -4.77. The second-order valence-electron chi connectivity index (χ2n) is 6.06. The van der Waals surface area contributed by atoms with Gasteiger partial charge in [0.05, 0.1) is 11.2 Å². The van der Waals surface area contributed by atoms with Crippen molar-refractivity contribution in [2.24, 2.45) is 0 Å². The maximum absolute atomic E-state index is 14.8. The molecule has 0 fully saturated rings.